The molecule has 1 saturated carbocycles. The highest BCUT2D eigenvalue weighted by atomic mass is 32.2. The third-order valence-corrected chi connectivity index (χ3v) is 4.50. The number of nitrogens with zero attached hydrogens (tertiary/aromatic N) is 1. The lowest BCUT2D eigenvalue weighted by Crippen LogP contribution is -2.23. The Hall–Kier alpha value is -1.18. The maximum absolute atomic E-state index is 11.1. The number of rotatable bonds is 5. The molecule has 1 aromatic rings. The molecule has 2 rings (SSSR count). The molecule has 106 valence electrons. The first kappa shape index (κ1) is 14.2. The quantitative estimate of drug-likeness (QED) is 0.818. The third kappa shape index (κ3) is 3.65. The number of hydrogen-bond donors (Lipinski definition) is 2. The monoisotopic (exact) mass is 285 g/mol. The van der Waals surface area contributed by atoms with Crippen molar-refractivity contribution in [3.63, 3.8) is 0 Å². The fourth-order valence-corrected chi connectivity index (χ4v) is 2.91. The molecule has 1 aliphatic rings. The fourth-order valence-electron chi connectivity index (χ4n) is 2.46. The largest absolute Gasteiger partial charge is 0.477 e. The summed E-state index contributed by atoms with van der Waals surface area (Å²) in [7, 11) is -3.70. The molecule has 1 aliphatic carbocycles. The maximum atomic E-state index is 11.1. The summed E-state index contributed by atoms with van der Waals surface area (Å²) in [6, 6.07) is 2.92. The van der Waals surface area contributed by atoms with Crippen LogP contribution in [-0.2, 0) is 10.0 Å². The van der Waals surface area contributed by atoms with Gasteiger partial charge in [0.1, 0.15) is 4.90 Å². The highest BCUT2D eigenvalue weighted by molar-refractivity contribution is 7.89. The van der Waals surface area contributed by atoms with Gasteiger partial charge in [-0.25, -0.2) is 18.5 Å². The smallest absolute Gasteiger partial charge is 0.239 e. The Bertz CT molecular complexity index is 516. The number of nitrogens with two attached hydrogens (primary N) is 2. The van der Waals surface area contributed by atoms with Crippen LogP contribution in [0.5, 0.6) is 5.88 Å². The molecule has 0 radical (unpaired) electrons. The van der Waals surface area contributed by atoms with Gasteiger partial charge in [0, 0.05) is 6.07 Å². The van der Waals surface area contributed by atoms with Crippen LogP contribution >= 0.6 is 0 Å². The molecule has 4 N–H and O–H groups in total. The van der Waals surface area contributed by atoms with E-state index in [-0.39, 0.29) is 4.90 Å². The molecule has 2 atom stereocenters. The van der Waals surface area contributed by atoms with Crippen LogP contribution in [0, 0.1) is 11.8 Å². The fraction of sp³-hybridized carbons (Fsp3) is 0.583. The zero-order valence-corrected chi connectivity index (χ0v) is 11.5. The first-order chi connectivity index (χ1) is 9.00. The van der Waals surface area contributed by atoms with Gasteiger partial charge in [-0.15, -0.1) is 0 Å². The molecule has 19 heavy (non-hydrogen) atoms. The Morgan fingerprint density at radius 2 is 2.05 bits per heavy atom. The molecular weight excluding hydrogens is 266 g/mol. The maximum Gasteiger partial charge on any atom is 0.239 e. The number of hydrogen-bond acceptors (Lipinski definition) is 5. The first-order valence-corrected chi connectivity index (χ1v) is 7.87. The molecular formula is C12H19N3O3S. The molecule has 0 aromatic carbocycles. The van der Waals surface area contributed by atoms with E-state index in [1.807, 2.05) is 0 Å². The Morgan fingerprint density at radius 3 is 2.63 bits per heavy atom. The molecule has 0 saturated heterocycles. The number of ether oxygens (including phenoxy) is 1. The van der Waals surface area contributed by atoms with Crippen LogP contribution in [0.2, 0.25) is 0 Å². The molecule has 7 heteroatoms. The van der Waals surface area contributed by atoms with Crippen LogP contribution in [-0.4, -0.2) is 26.6 Å². The lowest BCUT2D eigenvalue weighted by atomic mass is 9.97. The lowest BCUT2D eigenvalue weighted by Gasteiger charge is -2.17. The molecule has 0 amide bonds. The summed E-state index contributed by atoms with van der Waals surface area (Å²) in [5.74, 6) is 1.39. The summed E-state index contributed by atoms with van der Waals surface area (Å²) < 4.78 is 27.7. The van der Waals surface area contributed by atoms with E-state index in [0.717, 1.165) is 12.8 Å². The van der Waals surface area contributed by atoms with Crippen molar-refractivity contribution in [3.8, 4) is 5.88 Å². The second kappa shape index (κ2) is 5.85. The second-order valence-electron chi connectivity index (χ2n) is 4.87. The van der Waals surface area contributed by atoms with Crippen LogP contribution < -0.4 is 15.6 Å². The Labute approximate surface area is 113 Å². The molecule has 1 fully saturated rings. The Morgan fingerprint density at radius 1 is 1.32 bits per heavy atom. The van der Waals surface area contributed by atoms with Crippen LogP contribution in [0.15, 0.2) is 23.2 Å². The van der Waals surface area contributed by atoms with Crippen LogP contribution in [0.3, 0.4) is 0 Å². The molecule has 1 aromatic heterocycles. The molecule has 0 spiro atoms. The average molecular weight is 285 g/mol. The van der Waals surface area contributed by atoms with E-state index in [2.05, 4.69) is 4.98 Å². The van der Waals surface area contributed by atoms with Gasteiger partial charge in [0.15, 0.2) is 0 Å². The van der Waals surface area contributed by atoms with Gasteiger partial charge in [-0.1, -0.05) is 6.42 Å². The van der Waals surface area contributed by atoms with Crippen molar-refractivity contribution in [2.45, 2.75) is 24.2 Å². The summed E-state index contributed by atoms with van der Waals surface area (Å²) in [5.41, 5.74) is 5.71. The summed E-state index contributed by atoms with van der Waals surface area (Å²) in [6.45, 7) is 1.26. The predicted octanol–water partition coefficient (Wildman–Crippen LogP) is 0.483. The van der Waals surface area contributed by atoms with Crippen molar-refractivity contribution in [1.29, 1.82) is 0 Å². The minimum Gasteiger partial charge on any atom is -0.477 e. The van der Waals surface area contributed by atoms with Crippen molar-refractivity contribution in [2.24, 2.45) is 22.7 Å². The van der Waals surface area contributed by atoms with Gasteiger partial charge in [0.05, 0.1) is 12.8 Å². The van der Waals surface area contributed by atoms with E-state index < -0.39 is 10.0 Å². The highest BCUT2D eigenvalue weighted by Crippen LogP contribution is 2.31. The average Bonchev–Trinajstić information content (AvgIpc) is 2.83. The minimum absolute atomic E-state index is 0.0134. The summed E-state index contributed by atoms with van der Waals surface area (Å²) in [6.07, 6.45) is 4.67. The number of primary sulfonamides is 1. The number of sulfonamides is 1. The molecule has 0 bridgehead atoms. The Balaban J connectivity index is 1.93. The normalized spacial score (nSPS) is 23.5. The second-order valence-corrected chi connectivity index (χ2v) is 6.44. The summed E-state index contributed by atoms with van der Waals surface area (Å²) in [4.78, 5) is 3.93. The van der Waals surface area contributed by atoms with E-state index in [1.54, 1.807) is 0 Å². The molecule has 0 aliphatic heterocycles. The van der Waals surface area contributed by atoms with Crippen LogP contribution in [0.25, 0.3) is 0 Å². The van der Waals surface area contributed by atoms with Gasteiger partial charge < -0.3 is 10.5 Å². The van der Waals surface area contributed by atoms with Crippen molar-refractivity contribution in [3.05, 3.63) is 18.3 Å². The van der Waals surface area contributed by atoms with E-state index in [0.29, 0.717) is 30.9 Å². The van der Waals surface area contributed by atoms with Gasteiger partial charge >= 0.3 is 0 Å². The standard InChI is InChI=1S/C12H19N3O3S/c13-6-9-2-1-3-10(9)8-18-12-5-4-11(7-15-12)19(14,16)17/h4-5,7,9-10H,1-3,6,8,13H2,(H2,14,16,17). The van der Waals surface area contributed by atoms with Crippen molar-refractivity contribution in [1.82, 2.24) is 4.98 Å². The summed E-state index contributed by atoms with van der Waals surface area (Å²) >= 11 is 0. The van der Waals surface area contributed by atoms with Gasteiger partial charge in [0.2, 0.25) is 15.9 Å². The highest BCUT2D eigenvalue weighted by Gasteiger charge is 2.26. The summed E-state index contributed by atoms with van der Waals surface area (Å²) in [5, 5.41) is 4.99. The van der Waals surface area contributed by atoms with Crippen molar-refractivity contribution < 1.29 is 13.2 Å². The topological polar surface area (TPSA) is 108 Å². The molecule has 2 unspecified atom stereocenters. The Kier molecular flexibility index (Phi) is 4.38. The van der Waals surface area contributed by atoms with Crippen molar-refractivity contribution in [2.75, 3.05) is 13.2 Å². The van der Waals surface area contributed by atoms with E-state index in [4.69, 9.17) is 15.6 Å². The van der Waals surface area contributed by atoms with Gasteiger partial charge in [-0.05, 0) is 37.3 Å². The van der Waals surface area contributed by atoms with Gasteiger partial charge in [-0.2, -0.15) is 0 Å². The SMILES string of the molecule is NCC1CCCC1COc1ccc(S(N)(=O)=O)cn1. The van der Waals surface area contributed by atoms with Crippen LogP contribution in [0.1, 0.15) is 19.3 Å². The number of pyridine rings is 1. The zero-order valence-electron chi connectivity index (χ0n) is 10.7. The van der Waals surface area contributed by atoms with E-state index in [1.165, 1.54) is 24.8 Å². The van der Waals surface area contributed by atoms with Gasteiger partial charge in [-0.3, -0.25) is 0 Å². The predicted molar refractivity (Wildman–Crippen MR) is 71.0 cm³/mol. The van der Waals surface area contributed by atoms with Crippen molar-refractivity contribution >= 4 is 10.0 Å². The minimum atomic E-state index is -3.70. The van der Waals surface area contributed by atoms with E-state index >= 15 is 0 Å². The third-order valence-electron chi connectivity index (χ3n) is 3.60. The number of aromatic nitrogens is 1. The van der Waals surface area contributed by atoms with Gasteiger partial charge in [0.25, 0.3) is 0 Å². The van der Waals surface area contributed by atoms with Crippen LogP contribution in [0.4, 0.5) is 0 Å². The molecule has 6 nitrogen and oxygen atoms in total. The lowest BCUT2D eigenvalue weighted by molar-refractivity contribution is 0.210. The van der Waals surface area contributed by atoms with E-state index in [9.17, 15) is 8.42 Å². The zero-order chi connectivity index (χ0) is 13.9. The first-order valence-electron chi connectivity index (χ1n) is 6.32. The molecule has 1 heterocycles.